The number of hydrogen-bond donors (Lipinski definition) is 0. The van der Waals surface area contributed by atoms with Gasteiger partial charge in [-0.3, -0.25) is 9.69 Å². The maximum atomic E-state index is 11.6. The van der Waals surface area contributed by atoms with E-state index in [1.54, 1.807) is 14.2 Å². The van der Waals surface area contributed by atoms with E-state index in [2.05, 4.69) is 29.1 Å². The van der Waals surface area contributed by atoms with Crippen molar-refractivity contribution in [3.05, 3.63) is 0 Å². The summed E-state index contributed by atoms with van der Waals surface area (Å²) < 4.78 is 17.9. The minimum Gasteiger partial charge on any atom is -0.466 e. The minimum absolute atomic E-state index is 0.105. The van der Waals surface area contributed by atoms with E-state index in [0.717, 1.165) is 45.9 Å². The Kier molecular flexibility index (Phi) is 12.6. The van der Waals surface area contributed by atoms with Crippen molar-refractivity contribution < 1.29 is 19.0 Å². The van der Waals surface area contributed by atoms with Crippen LogP contribution in [0.1, 0.15) is 13.3 Å². The number of nitrogens with zero attached hydrogens (tertiary/aromatic N) is 2. The summed E-state index contributed by atoms with van der Waals surface area (Å²) in [4.78, 5) is 14.0. The van der Waals surface area contributed by atoms with Gasteiger partial charge in [0.1, 0.15) is 8.24 Å². The molecule has 0 aromatic rings. The van der Waals surface area contributed by atoms with Gasteiger partial charge in [0.05, 0.1) is 26.2 Å². The Hall–Kier alpha value is -0.473. The van der Waals surface area contributed by atoms with Crippen LogP contribution >= 0.6 is 0 Å². The highest BCUT2D eigenvalue weighted by molar-refractivity contribution is 6.73. The fourth-order valence-corrected chi connectivity index (χ4v) is 3.83. The quantitative estimate of drug-likeness (QED) is 0.352. The number of carbonyl (C=O) groups is 1. The predicted octanol–water partition coefficient (Wildman–Crippen LogP) is 1.67. The molecule has 0 rings (SSSR count). The summed E-state index contributed by atoms with van der Waals surface area (Å²) in [6.07, 6.45) is 0.467. The third-order valence-corrected chi connectivity index (χ3v) is 6.09. The van der Waals surface area contributed by atoms with Crippen LogP contribution in [0.2, 0.25) is 19.6 Å². The van der Waals surface area contributed by atoms with E-state index in [4.69, 9.17) is 14.2 Å². The highest BCUT2D eigenvalue weighted by Gasteiger charge is 2.24. The van der Waals surface area contributed by atoms with Gasteiger partial charge in [0, 0.05) is 46.9 Å². The van der Waals surface area contributed by atoms with Crippen molar-refractivity contribution in [3.63, 3.8) is 0 Å². The van der Waals surface area contributed by atoms with E-state index in [9.17, 15) is 4.79 Å². The first-order valence-corrected chi connectivity index (χ1v) is 11.9. The molecule has 6 nitrogen and oxygen atoms in total. The number of methoxy groups -OCH3 is 2. The standard InChI is InChI=1S/C16H36N2O4Si/c1-7-22-16(19)8-9-18(23(4,5)6)11-10-17(12-14-20-2)13-15-21-3/h7-15H2,1-6H3. The molecule has 0 aliphatic rings. The van der Waals surface area contributed by atoms with E-state index >= 15 is 0 Å². The van der Waals surface area contributed by atoms with Crippen LogP contribution in [0.15, 0.2) is 0 Å². The second kappa shape index (κ2) is 12.9. The van der Waals surface area contributed by atoms with E-state index in [0.29, 0.717) is 13.0 Å². The van der Waals surface area contributed by atoms with Gasteiger partial charge in [0.15, 0.2) is 0 Å². The zero-order valence-corrected chi connectivity index (χ0v) is 16.9. The molecule has 0 bridgehead atoms. The molecule has 0 N–H and O–H groups in total. The van der Waals surface area contributed by atoms with E-state index in [-0.39, 0.29) is 5.97 Å². The molecule has 0 fully saturated rings. The van der Waals surface area contributed by atoms with Crippen LogP contribution in [0.5, 0.6) is 0 Å². The normalized spacial score (nSPS) is 12.2. The molecule has 0 atom stereocenters. The fourth-order valence-electron chi connectivity index (χ4n) is 2.28. The Bertz CT molecular complexity index is 303. The van der Waals surface area contributed by atoms with Crippen LogP contribution in [-0.2, 0) is 19.0 Å². The lowest BCUT2D eigenvalue weighted by molar-refractivity contribution is -0.143. The number of rotatable bonds is 14. The van der Waals surface area contributed by atoms with Gasteiger partial charge in [0.2, 0.25) is 0 Å². The highest BCUT2D eigenvalue weighted by atomic mass is 28.3. The Morgan fingerprint density at radius 1 is 0.913 bits per heavy atom. The molecule has 7 heteroatoms. The van der Waals surface area contributed by atoms with Gasteiger partial charge in [-0.1, -0.05) is 19.6 Å². The van der Waals surface area contributed by atoms with Crippen molar-refractivity contribution in [1.29, 1.82) is 0 Å². The molecule has 0 heterocycles. The van der Waals surface area contributed by atoms with Gasteiger partial charge in [-0.15, -0.1) is 0 Å². The van der Waals surface area contributed by atoms with Crippen LogP contribution in [0.4, 0.5) is 0 Å². The lowest BCUT2D eigenvalue weighted by Crippen LogP contribution is -2.50. The van der Waals surface area contributed by atoms with Crippen molar-refractivity contribution in [3.8, 4) is 0 Å². The van der Waals surface area contributed by atoms with Gasteiger partial charge in [-0.25, -0.2) is 0 Å². The molecule has 0 saturated heterocycles. The largest absolute Gasteiger partial charge is 0.466 e. The minimum atomic E-state index is -1.47. The summed E-state index contributed by atoms with van der Waals surface area (Å²) in [6, 6.07) is 0. The average Bonchev–Trinajstić information content (AvgIpc) is 2.47. The molecule has 138 valence electrons. The van der Waals surface area contributed by atoms with Crippen molar-refractivity contribution in [2.24, 2.45) is 0 Å². The molecule has 0 spiro atoms. The number of hydrogen-bond acceptors (Lipinski definition) is 6. The molecule has 0 aliphatic heterocycles. The fraction of sp³-hybridized carbons (Fsp3) is 0.938. The second-order valence-corrected chi connectivity index (χ2v) is 11.5. The van der Waals surface area contributed by atoms with E-state index < -0.39 is 8.24 Å². The van der Waals surface area contributed by atoms with E-state index in [1.807, 2.05) is 6.92 Å². The van der Waals surface area contributed by atoms with Crippen LogP contribution in [-0.4, -0.2) is 90.4 Å². The third-order valence-electron chi connectivity index (χ3n) is 3.75. The molecular weight excluding hydrogens is 312 g/mol. The van der Waals surface area contributed by atoms with Crippen molar-refractivity contribution in [2.45, 2.75) is 33.0 Å². The molecule has 23 heavy (non-hydrogen) atoms. The summed E-state index contributed by atoms with van der Waals surface area (Å²) >= 11 is 0. The SMILES string of the molecule is CCOC(=O)CCN(CCN(CCOC)CCOC)[Si](C)(C)C. The number of ether oxygens (including phenoxy) is 3. The Balaban J connectivity index is 4.46. The highest BCUT2D eigenvalue weighted by Crippen LogP contribution is 2.10. The maximum Gasteiger partial charge on any atom is 0.307 e. The lowest BCUT2D eigenvalue weighted by Gasteiger charge is -2.35. The van der Waals surface area contributed by atoms with Crippen molar-refractivity contribution in [1.82, 2.24) is 9.47 Å². The van der Waals surface area contributed by atoms with Crippen LogP contribution in [0.25, 0.3) is 0 Å². The number of esters is 1. The molecule has 0 aromatic carbocycles. The topological polar surface area (TPSA) is 51.2 Å². The zero-order chi connectivity index (χ0) is 17.7. The van der Waals surface area contributed by atoms with Crippen molar-refractivity contribution >= 4 is 14.2 Å². The Labute approximate surface area is 143 Å². The molecule has 0 amide bonds. The maximum absolute atomic E-state index is 11.6. The number of carbonyl (C=O) groups excluding carboxylic acids is 1. The molecule has 0 unspecified atom stereocenters. The first-order valence-electron chi connectivity index (χ1n) is 8.46. The van der Waals surface area contributed by atoms with E-state index in [1.165, 1.54) is 0 Å². The summed E-state index contributed by atoms with van der Waals surface area (Å²) in [5, 5.41) is 0. The van der Waals surface area contributed by atoms with Gasteiger partial charge in [-0.2, -0.15) is 0 Å². The molecule has 0 saturated carbocycles. The molecule has 0 aromatic heterocycles. The third kappa shape index (κ3) is 11.7. The Morgan fingerprint density at radius 3 is 1.91 bits per heavy atom. The van der Waals surface area contributed by atoms with Gasteiger partial charge >= 0.3 is 5.97 Å². The monoisotopic (exact) mass is 348 g/mol. The van der Waals surface area contributed by atoms with Crippen LogP contribution < -0.4 is 0 Å². The van der Waals surface area contributed by atoms with Crippen LogP contribution in [0, 0.1) is 0 Å². The second-order valence-electron chi connectivity index (χ2n) is 6.54. The smallest absolute Gasteiger partial charge is 0.307 e. The van der Waals surface area contributed by atoms with Crippen LogP contribution in [0.3, 0.4) is 0 Å². The summed E-state index contributed by atoms with van der Waals surface area (Å²) in [5.41, 5.74) is 0. The summed E-state index contributed by atoms with van der Waals surface area (Å²) in [5.74, 6) is -0.105. The average molecular weight is 349 g/mol. The first kappa shape index (κ1) is 22.5. The van der Waals surface area contributed by atoms with Gasteiger partial charge in [0.25, 0.3) is 0 Å². The van der Waals surface area contributed by atoms with Crippen molar-refractivity contribution in [2.75, 3.05) is 66.8 Å². The summed E-state index contributed by atoms with van der Waals surface area (Å²) in [6.45, 7) is 15.2. The molecular formula is C16H36N2O4Si. The predicted molar refractivity (Wildman–Crippen MR) is 96.4 cm³/mol. The van der Waals surface area contributed by atoms with Gasteiger partial charge < -0.3 is 18.8 Å². The summed E-state index contributed by atoms with van der Waals surface area (Å²) in [7, 11) is 1.98. The lowest BCUT2D eigenvalue weighted by atomic mass is 10.4. The first-order chi connectivity index (χ1) is 10.8. The molecule has 0 radical (unpaired) electrons. The Morgan fingerprint density at radius 2 is 1.48 bits per heavy atom. The molecule has 0 aliphatic carbocycles. The van der Waals surface area contributed by atoms with Gasteiger partial charge in [-0.05, 0) is 6.92 Å². The zero-order valence-electron chi connectivity index (χ0n) is 15.9.